The second kappa shape index (κ2) is 6.36. The van der Waals surface area contributed by atoms with Gasteiger partial charge in [0.1, 0.15) is 0 Å². The first-order chi connectivity index (χ1) is 9.35. The van der Waals surface area contributed by atoms with Gasteiger partial charge in [0, 0.05) is 18.1 Å². The topological polar surface area (TPSA) is 38.0 Å². The lowest BCUT2D eigenvalue weighted by molar-refractivity contribution is 0.202. The summed E-state index contributed by atoms with van der Waals surface area (Å²) in [5.41, 5.74) is 6.89. The van der Waals surface area contributed by atoms with Gasteiger partial charge in [0.25, 0.3) is 0 Å². The Bertz CT molecular complexity index is 307. The van der Waals surface area contributed by atoms with Crippen LogP contribution in [0.25, 0.3) is 0 Å². The normalized spacial score (nSPS) is 39.8. The third kappa shape index (κ3) is 3.98. The van der Waals surface area contributed by atoms with E-state index in [4.69, 9.17) is 5.73 Å². The predicted molar refractivity (Wildman–Crippen MR) is 87.8 cm³/mol. The zero-order chi connectivity index (χ0) is 14.8. The molecule has 2 fully saturated rings. The lowest BCUT2D eigenvalue weighted by atomic mass is 9.76. The third-order valence-corrected chi connectivity index (χ3v) is 6.00. The van der Waals surface area contributed by atoms with E-state index in [9.17, 15) is 0 Å². The molecule has 118 valence electrons. The van der Waals surface area contributed by atoms with E-state index in [-0.39, 0.29) is 5.54 Å². The number of hydrogen-bond acceptors (Lipinski definition) is 2. The van der Waals surface area contributed by atoms with Gasteiger partial charge in [0.05, 0.1) is 0 Å². The highest BCUT2D eigenvalue weighted by Gasteiger charge is 2.37. The van der Waals surface area contributed by atoms with Crippen molar-refractivity contribution in [2.45, 2.75) is 90.6 Å². The summed E-state index contributed by atoms with van der Waals surface area (Å²) in [5.74, 6) is 1.76. The maximum Gasteiger partial charge on any atom is 0.0306 e. The number of hydrogen-bond donors (Lipinski definition) is 2. The van der Waals surface area contributed by atoms with Gasteiger partial charge in [0.2, 0.25) is 0 Å². The van der Waals surface area contributed by atoms with Crippen molar-refractivity contribution in [2.24, 2.45) is 23.0 Å². The van der Waals surface area contributed by atoms with Crippen molar-refractivity contribution < 1.29 is 0 Å². The molecule has 20 heavy (non-hydrogen) atoms. The summed E-state index contributed by atoms with van der Waals surface area (Å²) in [4.78, 5) is 0. The Morgan fingerprint density at radius 2 is 1.85 bits per heavy atom. The minimum Gasteiger partial charge on any atom is -0.329 e. The maximum atomic E-state index is 6.21. The minimum absolute atomic E-state index is 0.231. The van der Waals surface area contributed by atoms with E-state index in [0.29, 0.717) is 5.41 Å². The van der Waals surface area contributed by atoms with Gasteiger partial charge < -0.3 is 11.1 Å². The van der Waals surface area contributed by atoms with Crippen LogP contribution in [-0.4, -0.2) is 18.1 Å². The molecule has 0 aliphatic heterocycles. The molecule has 0 radical (unpaired) electrons. The molecule has 0 heterocycles. The molecular weight excluding hydrogens is 244 g/mol. The quantitative estimate of drug-likeness (QED) is 0.764. The summed E-state index contributed by atoms with van der Waals surface area (Å²) in [5, 5.41) is 4.00. The SMILES string of the molecule is CC1CCC(NC2(CN)CCCC(C(C)(C)C)CC2)C1. The molecule has 0 bridgehead atoms. The summed E-state index contributed by atoms with van der Waals surface area (Å²) < 4.78 is 0. The lowest BCUT2D eigenvalue weighted by Crippen LogP contribution is -2.54. The first kappa shape index (κ1) is 16.3. The van der Waals surface area contributed by atoms with Crippen LogP contribution in [0.5, 0.6) is 0 Å². The highest BCUT2D eigenvalue weighted by molar-refractivity contribution is 4.97. The van der Waals surface area contributed by atoms with Gasteiger partial charge in [0.15, 0.2) is 0 Å². The summed E-state index contributed by atoms with van der Waals surface area (Å²) >= 11 is 0. The molecule has 2 aliphatic carbocycles. The van der Waals surface area contributed by atoms with E-state index >= 15 is 0 Å². The highest BCUT2D eigenvalue weighted by Crippen LogP contribution is 2.40. The third-order valence-electron chi connectivity index (χ3n) is 6.00. The van der Waals surface area contributed by atoms with Gasteiger partial charge in [-0.05, 0) is 62.2 Å². The number of nitrogens with one attached hydrogen (secondary N) is 1. The molecule has 2 rings (SSSR count). The van der Waals surface area contributed by atoms with Crippen LogP contribution in [0.2, 0.25) is 0 Å². The van der Waals surface area contributed by atoms with Crippen molar-refractivity contribution in [3.8, 4) is 0 Å². The highest BCUT2D eigenvalue weighted by atomic mass is 15.0. The first-order valence-corrected chi connectivity index (χ1v) is 8.82. The summed E-state index contributed by atoms with van der Waals surface area (Å²) in [6.07, 6.45) is 10.7. The predicted octanol–water partition coefficient (Wildman–Crippen LogP) is 4.09. The number of rotatable bonds is 3. The van der Waals surface area contributed by atoms with E-state index in [2.05, 4.69) is 33.0 Å². The van der Waals surface area contributed by atoms with Crippen molar-refractivity contribution in [1.29, 1.82) is 0 Å². The summed E-state index contributed by atoms with van der Waals surface area (Å²) in [7, 11) is 0. The standard InChI is InChI=1S/C18H36N2/c1-14-7-8-16(12-14)20-18(13-19)10-5-6-15(9-11-18)17(2,3)4/h14-16,20H,5-13,19H2,1-4H3. The molecule has 4 atom stereocenters. The fourth-order valence-electron chi connectivity index (χ4n) is 4.45. The van der Waals surface area contributed by atoms with E-state index in [1.165, 1.54) is 51.4 Å². The van der Waals surface area contributed by atoms with Crippen molar-refractivity contribution in [2.75, 3.05) is 6.54 Å². The first-order valence-electron chi connectivity index (χ1n) is 8.82. The van der Waals surface area contributed by atoms with Crippen LogP contribution in [0.1, 0.15) is 79.1 Å². The van der Waals surface area contributed by atoms with Crippen LogP contribution < -0.4 is 11.1 Å². The van der Waals surface area contributed by atoms with Gasteiger partial charge in [-0.15, -0.1) is 0 Å². The molecule has 4 unspecified atom stereocenters. The molecule has 2 nitrogen and oxygen atoms in total. The van der Waals surface area contributed by atoms with Crippen molar-refractivity contribution in [3.63, 3.8) is 0 Å². The fourth-order valence-corrected chi connectivity index (χ4v) is 4.45. The van der Waals surface area contributed by atoms with Crippen LogP contribution >= 0.6 is 0 Å². The van der Waals surface area contributed by atoms with Gasteiger partial charge in [-0.25, -0.2) is 0 Å². The van der Waals surface area contributed by atoms with E-state index < -0.39 is 0 Å². The zero-order valence-electron chi connectivity index (χ0n) is 14.2. The number of nitrogens with two attached hydrogens (primary N) is 1. The Morgan fingerprint density at radius 1 is 1.10 bits per heavy atom. The average molecular weight is 280 g/mol. The molecule has 0 aromatic heterocycles. The van der Waals surface area contributed by atoms with Gasteiger partial charge in [-0.2, -0.15) is 0 Å². The minimum atomic E-state index is 0.231. The Kier molecular flexibility index (Phi) is 5.18. The van der Waals surface area contributed by atoms with E-state index in [1.807, 2.05) is 0 Å². The molecule has 0 amide bonds. The molecule has 0 saturated heterocycles. The average Bonchev–Trinajstić information content (AvgIpc) is 2.64. The van der Waals surface area contributed by atoms with Gasteiger partial charge in [-0.3, -0.25) is 0 Å². The lowest BCUT2D eigenvalue weighted by Gasteiger charge is -2.37. The molecule has 0 aromatic carbocycles. The molecule has 0 spiro atoms. The second-order valence-electron chi connectivity index (χ2n) is 8.74. The smallest absolute Gasteiger partial charge is 0.0306 e. The summed E-state index contributed by atoms with van der Waals surface area (Å²) in [6.45, 7) is 10.4. The van der Waals surface area contributed by atoms with Crippen molar-refractivity contribution >= 4 is 0 Å². The van der Waals surface area contributed by atoms with Crippen LogP contribution in [0.15, 0.2) is 0 Å². The zero-order valence-corrected chi connectivity index (χ0v) is 14.2. The summed E-state index contributed by atoms with van der Waals surface area (Å²) in [6, 6.07) is 0.722. The van der Waals surface area contributed by atoms with Crippen LogP contribution in [-0.2, 0) is 0 Å². The van der Waals surface area contributed by atoms with Crippen LogP contribution in [0, 0.1) is 17.3 Å². The molecule has 3 N–H and O–H groups in total. The van der Waals surface area contributed by atoms with Crippen molar-refractivity contribution in [3.05, 3.63) is 0 Å². The second-order valence-corrected chi connectivity index (χ2v) is 8.74. The van der Waals surface area contributed by atoms with Gasteiger partial charge in [-0.1, -0.05) is 34.1 Å². The van der Waals surface area contributed by atoms with Crippen LogP contribution in [0.3, 0.4) is 0 Å². The Labute approximate surface area is 126 Å². The molecule has 0 aromatic rings. The van der Waals surface area contributed by atoms with Crippen LogP contribution in [0.4, 0.5) is 0 Å². The molecule has 2 aliphatic rings. The Balaban J connectivity index is 1.97. The molecule has 2 heteroatoms. The Morgan fingerprint density at radius 3 is 2.40 bits per heavy atom. The van der Waals surface area contributed by atoms with E-state index in [0.717, 1.165) is 24.4 Å². The van der Waals surface area contributed by atoms with Gasteiger partial charge >= 0.3 is 0 Å². The molecular formula is C18H36N2. The van der Waals surface area contributed by atoms with Crippen molar-refractivity contribution in [1.82, 2.24) is 5.32 Å². The largest absolute Gasteiger partial charge is 0.329 e. The fraction of sp³-hybridized carbons (Fsp3) is 1.00. The maximum absolute atomic E-state index is 6.21. The van der Waals surface area contributed by atoms with E-state index in [1.54, 1.807) is 0 Å². The monoisotopic (exact) mass is 280 g/mol. The molecule has 2 saturated carbocycles. The Hall–Kier alpha value is -0.0800.